The lowest BCUT2D eigenvalue weighted by Gasteiger charge is -2.35. The molecule has 5 nitrogen and oxygen atoms in total. The van der Waals surface area contributed by atoms with E-state index in [0.717, 1.165) is 6.42 Å². The molecule has 0 spiro atoms. The molecule has 6 heteroatoms. The normalized spacial score (nSPS) is 22.3. The van der Waals surface area contributed by atoms with E-state index < -0.39 is 0 Å². The maximum Gasteiger partial charge on any atom is 0.274 e. The Bertz CT molecular complexity index is 909. The molecule has 3 heterocycles. The van der Waals surface area contributed by atoms with Gasteiger partial charge >= 0.3 is 0 Å². The molecule has 1 saturated heterocycles. The van der Waals surface area contributed by atoms with E-state index >= 15 is 0 Å². The first-order valence-corrected chi connectivity index (χ1v) is 8.49. The van der Waals surface area contributed by atoms with Gasteiger partial charge in [0, 0.05) is 24.2 Å². The highest BCUT2D eigenvalue weighted by molar-refractivity contribution is 6.30. The molecule has 1 fully saturated rings. The van der Waals surface area contributed by atoms with E-state index in [0.29, 0.717) is 22.9 Å². The van der Waals surface area contributed by atoms with Crippen LogP contribution in [0.4, 0.5) is 0 Å². The van der Waals surface area contributed by atoms with Gasteiger partial charge in [-0.05, 0) is 24.5 Å². The molecule has 4 rings (SSSR count). The summed E-state index contributed by atoms with van der Waals surface area (Å²) in [5.41, 5.74) is 3.74. The van der Waals surface area contributed by atoms with Crippen LogP contribution in [0.15, 0.2) is 41.8 Å². The minimum absolute atomic E-state index is 0.0561. The number of piperidine rings is 1. The first-order chi connectivity index (χ1) is 11.3. The lowest BCUT2D eigenvalue weighted by molar-refractivity contribution is 0.0699. The van der Waals surface area contributed by atoms with Crippen LogP contribution in [0.5, 0.6) is 0 Å². The fourth-order valence-corrected chi connectivity index (χ4v) is 3.80. The SMILES string of the molecule is CC1C2=CC(C)(C)C=C2CCN1C(=O)c1cc2ncc(Cl)cn2n1. The molecule has 2 aromatic rings. The molecule has 0 saturated carbocycles. The Morgan fingerprint density at radius 1 is 1.38 bits per heavy atom. The van der Waals surface area contributed by atoms with E-state index in [9.17, 15) is 4.79 Å². The highest BCUT2D eigenvalue weighted by atomic mass is 35.5. The molecule has 24 heavy (non-hydrogen) atoms. The number of hydrogen-bond acceptors (Lipinski definition) is 3. The van der Waals surface area contributed by atoms with Crippen molar-refractivity contribution >= 4 is 23.2 Å². The van der Waals surface area contributed by atoms with Gasteiger partial charge in [-0.1, -0.05) is 37.6 Å². The summed E-state index contributed by atoms with van der Waals surface area (Å²) in [6.45, 7) is 7.19. The molecule has 0 aromatic carbocycles. The number of rotatable bonds is 1. The minimum Gasteiger partial charge on any atom is -0.330 e. The highest BCUT2D eigenvalue weighted by Gasteiger charge is 2.35. The molecule has 1 aliphatic carbocycles. The van der Waals surface area contributed by atoms with Gasteiger partial charge in [-0.25, -0.2) is 9.50 Å². The van der Waals surface area contributed by atoms with Crippen molar-refractivity contribution in [2.75, 3.05) is 6.54 Å². The van der Waals surface area contributed by atoms with E-state index in [-0.39, 0.29) is 17.4 Å². The molecule has 0 radical (unpaired) electrons. The monoisotopic (exact) mass is 342 g/mol. The number of carbonyl (C=O) groups excluding carboxylic acids is 1. The summed E-state index contributed by atoms with van der Waals surface area (Å²) in [5.74, 6) is -0.0613. The summed E-state index contributed by atoms with van der Waals surface area (Å²) < 4.78 is 1.55. The van der Waals surface area contributed by atoms with Crippen LogP contribution in [-0.4, -0.2) is 38.0 Å². The Balaban J connectivity index is 1.66. The van der Waals surface area contributed by atoms with Crippen molar-refractivity contribution in [2.24, 2.45) is 5.41 Å². The summed E-state index contributed by atoms with van der Waals surface area (Å²) in [6, 6.07) is 1.77. The fraction of sp³-hybridized carbons (Fsp3) is 0.389. The number of halogens is 1. The number of carbonyl (C=O) groups is 1. The van der Waals surface area contributed by atoms with Gasteiger partial charge in [0.05, 0.1) is 17.3 Å². The van der Waals surface area contributed by atoms with Crippen molar-refractivity contribution < 1.29 is 4.79 Å². The maximum absolute atomic E-state index is 13.0. The van der Waals surface area contributed by atoms with Crippen molar-refractivity contribution in [3.8, 4) is 0 Å². The van der Waals surface area contributed by atoms with Gasteiger partial charge < -0.3 is 4.90 Å². The standard InChI is InChI=1S/C18H19ClN4O/c1-11-14-8-18(2,3)7-12(14)4-5-22(11)17(24)15-6-16-20-9-13(19)10-23(16)21-15/h6-11H,4-5H2,1-3H3. The average molecular weight is 343 g/mol. The van der Waals surface area contributed by atoms with Crippen LogP contribution in [0.1, 0.15) is 37.7 Å². The van der Waals surface area contributed by atoms with Gasteiger partial charge in [-0.15, -0.1) is 0 Å². The Hall–Kier alpha value is -2.14. The molecule has 1 aliphatic heterocycles. The third-order valence-electron chi connectivity index (χ3n) is 4.75. The van der Waals surface area contributed by atoms with Crippen LogP contribution in [0.3, 0.4) is 0 Å². The number of nitrogens with zero attached hydrogens (tertiary/aromatic N) is 4. The molecule has 0 N–H and O–H groups in total. The second-order valence-corrected chi connectivity index (χ2v) is 7.56. The Kier molecular flexibility index (Phi) is 3.32. The Labute approximate surface area is 145 Å². The van der Waals surface area contributed by atoms with Gasteiger partial charge in [-0.2, -0.15) is 5.10 Å². The van der Waals surface area contributed by atoms with Gasteiger partial charge in [0.2, 0.25) is 0 Å². The second kappa shape index (κ2) is 5.18. The summed E-state index contributed by atoms with van der Waals surface area (Å²) in [6.07, 6.45) is 8.69. The van der Waals surface area contributed by atoms with Crippen molar-refractivity contribution in [2.45, 2.75) is 33.2 Å². The topological polar surface area (TPSA) is 50.5 Å². The van der Waals surface area contributed by atoms with E-state index in [1.54, 1.807) is 23.0 Å². The van der Waals surface area contributed by atoms with Crippen molar-refractivity contribution in [1.82, 2.24) is 19.5 Å². The van der Waals surface area contributed by atoms with Crippen molar-refractivity contribution in [3.63, 3.8) is 0 Å². The maximum atomic E-state index is 13.0. The molecule has 2 aromatic heterocycles. The van der Waals surface area contributed by atoms with Crippen molar-refractivity contribution in [1.29, 1.82) is 0 Å². The van der Waals surface area contributed by atoms with Crippen molar-refractivity contribution in [3.05, 3.63) is 52.5 Å². The molecular formula is C18H19ClN4O. The zero-order valence-electron chi connectivity index (χ0n) is 14.0. The quantitative estimate of drug-likeness (QED) is 0.796. The Morgan fingerprint density at radius 3 is 2.96 bits per heavy atom. The van der Waals surface area contributed by atoms with Gasteiger partial charge in [-0.3, -0.25) is 4.79 Å². The van der Waals surface area contributed by atoms with Crippen LogP contribution in [0, 0.1) is 5.41 Å². The molecule has 0 bridgehead atoms. The lowest BCUT2D eigenvalue weighted by Crippen LogP contribution is -2.44. The number of amides is 1. The molecular weight excluding hydrogens is 324 g/mol. The average Bonchev–Trinajstić information content (AvgIpc) is 3.06. The van der Waals surface area contributed by atoms with Crippen LogP contribution in [0.2, 0.25) is 5.02 Å². The largest absolute Gasteiger partial charge is 0.330 e. The summed E-state index contributed by atoms with van der Waals surface area (Å²) in [4.78, 5) is 19.1. The molecule has 1 amide bonds. The molecule has 1 unspecified atom stereocenters. The summed E-state index contributed by atoms with van der Waals surface area (Å²) in [5, 5.41) is 4.83. The lowest BCUT2D eigenvalue weighted by atomic mass is 9.93. The van der Waals surface area contributed by atoms with Crippen LogP contribution >= 0.6 is 11.6 Å². The number of allylic oxidation sites excluding steroid dienone is 2. The van der Waals surface area contributed by atoms with E-state index in [1.807, 2.05) is 4.90 Å². The Morgan fingerprint density at radius 2 is 2.17 bits per heavy atom. The van der Waals surface area contributed by atoms with Gasteiger partial charge in [0.1, 0.15) is 0 Å². The van der Waals surface area contributed by atoms with E-state index in [2.05, 4.69) is 43.0 Å². The third-order valence-corrected chi connectivity index (χ3v) is 4.94. The zero-order chi connectivity index (χ0) is 17.1. The fourth-order valence-electron chi connectivity index (χ4n) is 3.66. The predicted octanol–water partition coefficient (Wildman–Crippen LogP) is 3.51. The van der Waals surface area contributed by atoms with Crippen LogP contribution in [-0.2, 0) is 0 Å². The first kappa shape index (κ1) is 15.4. The predicted molar refractivity (Wildman–Crippen MR) is 93.1 cm³/mol. The third kappa shape index (κ3) is 2.44. The number of likely N-dealkylation sites (tertiary alicyclic amines) is 1. The zero-order valence-corrected chi connectivity index (χ0v) is 14.7. The summed E-state index contributed by atoms with van der Waals surface area (Å²) in [7, 11) is 0. The number of aromatic nitrogens is 3. The molecule has 2 aliphatic rings. The highest BCUT2D eigenvalue weighted by Crippen LogP contribution is 2.40. The molecule has 124 valence electrons. The smallest absolute Gasteiger partial charge is 0.274 e. The van der Waals surface area contributed by atoms with Gasteiger partial charge in [0.15, 0.2) is 11.3 Å². The number of fused-ring (bicyclic) bond motifs is 2. The summed E-state index contributed by atoms with van der Waals surface area (Å²) >= 11 is 5.93. The minimum atomic E-state index is -0.0613. The van der Waals surface area contributed by atoms with Crippen LogP contribution in [0.25, 0.3) is 5.65 Å². The van der Waals surface area contributed by atoms with E-state index in [1.165, 1.54) is 11.1 Å². The van der Waals surface area contributed by atoms with Gasteiger partial charge in [0.25, 0.3) is 5.91 Å². The first-order valence-electron chi connectivity index (χ1n) is 8.11. The van der Waals surface area contributed by atoms with Crippen LogP contribution < -0.4 is 0 Å². The second-order valence-electron chi connectivity index (χ2n) is 7.12. The number of hydrogen-bond donors (Lipinski definition) is 0. The van der Waals surface area contributed by atoms with E-state index in [4.69, 9.17) is 11.6 Å². The molecule has 1 atom stereocenters.